The molecule has 3 nitrogen and oxygen atoms in total. The summed E-state index contributed by atoms with van der Waals surface area (Å²) < 4.78 is 1.73. The van der Waals surface area contributed by atoms with E-state index in [-0.39, 0.29) is 6.10 Å². The van der Waals surface area contributed by atoms with E-state index < -0.39 is 0 Å². The van der Waals surface area contributed by atoms with Crippen LogP contribution >= 0.6 is 0 Å². The van der Waals surface area contributed by atoms with E-state index in [1.807, 2.05) is 13.2 Å². The molecule has 1 atom stereocenters. The zero-order valence-corrected chi connectivity index (χ0v) is 7.27. The van der Waals surface area contributed by atoms with Crippen molar-refractivity contribution in [2.45, 2.75) is 18.9 Å². The molecule has 1 heterocycles. The zero-order valence-electron chi connectivity index (χ0n) is 7.27. The van der Waals surface area contributed by atoms with Crippen molar-refractivity contribution in [1.29, 1.82) is 0 Å². The Morgan fingerprint density at radius 2 is 2.58 bits per heavy atom. The fourth-order valence-electron chi connectivity index (χ4n) is 1.13. The first-order chi connectivity index (χ1) is 5.72. The van der Waals surface area contributed by atoms with Crippen LogP contribution in [0.1, 0.15) is 12.0 Å². The molecular formula is C9H14N2O. The molecule has 66 valence electrons. The van der Waals surface area contributed by atoms with Crippen molar-refractivity contribution in [1.82, 2.24) is 9.78 Å². The molecule has 0 saturated heterocycles. The Morgan fingerprint density at radius 3 is 3.08 bits per heavy atom. The Kier molecular flexibility index (Phi) is 3.05. The van der Waals surface area contributed by atoms with E-state index in [1.165, 1.54) is 0 Å². The summed E-state index contributed by atoms with van der Waals surface area (Å²) in [7, 11) is 1.86. The van der Waals surface area contributed by atoms with Crippen LogP contribution in [0.4, 0.5) is 0 Å². The lowest BCUT2D eigenvalue weighted by molar-refractivity contribution is 0.178. The quantitative estimate of drug-likeness (QED) is 0.675. The molecule has 1 aromatic heterocycles. The van der Waals surface area contributed by atoms with Gasteiger partial charge in [-0.25, -0.2) is 0 Å². The Morgan fingerprint density at radius 1 is 1.83 bits per heavy atom. The van der Waals surface area contributed by atoms with E-state index >= 15 is 0 Å². The summed E-state index contributed by atoms with van der Waals surface area (Å²) in [4.78, 5) is 0. The van der Waals surface area contributed by atoms with Gasteiger partial charge in [-0.05, 0) is 12.0 Å². The van der Waals surface area contributed by atoms with Gasteiger partial charge in [-0.2, -0.15) is 5.10 Å². The van der Waals surface area contributed by atoms with Crippen molar-refractivity contribution in [3.63, 3.8) is 0 Å². The van der Waals surface area contributed by atoms with Crippen molar-refractivity contribution in [3.05, 3.63) is 30.6 Å². The normalized spacial score (nSPS) is 12.8. The Labute approximate surface area is 72.3 Å². The monoisotopic (exact) mass is 166 g/mol. The highest BCUT2D eigenvalue weighted by Crippen LogP contribution is 2.04. The fourth-order valence-corrected chi connectivity index (χ4v) is 1.13. The molecule has 0 aliphatic heterocycles. The van der Waals surface area contributed by atoms with Crippen LogP contribution in [0.5, 0.6) is 0 Å². The third-order valence-corrected chi connectivity index (χ3v) is 1.67. The van der Waals surface area contributed by atoms with Gasteiger partial charge in [-0.15, -0.1) is 6.58 Å². The standard InChI is InChI=1S/C9H14N2O/c1-3-4-9(12)5-8-6-10-11(2)7-8/h3,6-7,9,12H,1,4-5H2,2H3. The van der Waals surface area contributed by atoms with Crippen LogP contribution < -0.4 is 0 Å². The van der Waals surface area contributed by atoms with E-state index in [9.17, 15) is 5.11 Å². The summed E-state index contributed by atoms with van der Waals surface area (Å²) in [6.07, 6.45) is 6.36. The molecule has 0 fully saturated rings. The fraction of sp³-hybridized carbons (Fsp3) is 0.444. The molecule has 12 heavy (non-hydrogen) atoms. The average Bonchev–Trinajstić information content (AvgIpc) is 2.36. The van der Waals surface area contributed by atoms with Crippen LogP contribution in [0, 0.1) is 0 Å². The summed E-state index contributed by atoms with van der Waals surface area (Å²) >= 11 is 0. The van der Waals surface area contributed by atoms with Gasteiger partial charge >= 0.3 is 0 Å². The van der Waals surface area contributed by atoms with Crippen LogP contribution in [0.15, 0.2) is 25.0 Å². The van der Waals surface area contributed by atoms with Crippen LogP contribution in [0.25, 0.3) is 0 Å². The Balaban J connectivity index is 2.46. The largest absolute Gasteiger partial charge is 0.392 e. The molecule has 0 bridgehead atoms. The minimum atomic E-state index is -0.327. The van der Waals surface area contributed by atoms with Crippen molar-refractivity contribution in [3.8, 4) is 0 Å². The van der Waals surface area contributed by atoms with Gasteiger partial charge in [0.05, 0.1) is 12.3 Å². The zero-order chi connectivity index (χ0) is 8.97. The predicted molar refractivity (Wildman–Crippen MR) is 47.7 cm³/mol. The van der Waals surface area contributed by atoms with Crippen LogP contribution in [-0.2, 0) is 13.5 Å². The third kappa shape index (κ3) is 2.51. The van der Waals surface area contributed by atoms with Gasteiger partial charge in [0.25, 0.3) is 0 Å². The lowest BCUT2D eigenvalue weighted by Crippen LogP contribution is -2.08. The maximum absolute atomic E-state index is 9.40. The average molecular weight is 166 g/mol. The van der Waals surface area contributed by atoms with Crippen LogP contribution in [0.2, 0.25) is 0 Å². The van der Waals surface area contributed by atoms with Gasteiger partial charge in [0, 0.05) is 19.7 Å². The molecule has 1 unspecified atom stereocenters. The van der Waals surface area contributed by atoms with E-state index in [1.54, 1.807) is 17.0 Å². The SMILES string of the molecule is C=CCC(O)Cc1cnn(C)c1. The van der Waals surface area contributed by atoms with E-state index in [4.69, 9.17) is 0 Å². The van der Waals surface area contributed by atoms with E-state index in [0.717, 1.165) is 5.56 Å². The minimum Gasteiger partial charge on any atom is -0.392 e. The van der Waals surface area contributed by atoms with E-state index in [0.29, 0.717) is 12.8 Å². The van der Waals surface area contributed by atoms with Crippen molar-refractivity contribution in [2.75, 3.05) is 0 Å². The molecule has 1 N–H and O–H groups in total. The number of aliphatic hydroxyl groups is 1. The maximum atomic E-state index is 9.40. The van der Waals surface area contributed by atoms with Crippen LogP contribution in [-0.4, -0.2) is 21.0 Å². The number of nitrogens with zero attached hydrogens (tertiary/aromatic N) is 2. The molecule has 1 rings (SSSR count). The first-order valence-corrected chi connectivity index (χ1v) is 3.99. The highest BCUT2D eigenvalue weighted by molar-refractivity contribution is 5.05. The molecular weight excluding hydrogens is 152 g/mol. The number of hydrogen-bond donors (Lipinski definition) is 1. The Hall–Kier alpha value is -1.09. The molecule has 0 saturated carbocycles. The minimum absolute atomic E-state index is 0.327. The van der Waals surface area contributed by atoms with Crippen molar-refractivity contribution < 1.29 is 5.11 Å². The number of aryl methyl sites for hydroxylation is 1. The maximum Gasteiger partial charge on any atom is 0.0615 e. The predicted octanol–water partition coefficient (Wildman–Crippen LogP) is 0.900. The summed E-state index contributed by atoms with van der Waals surface area (Å²) in [6.45, 7) is 3.57. The molecule has 0 spiro atoms. The number of rotatable bonds is 4. The Bertz CT molecular complexity index is 255. The molecule has 0 aromatic carbocycles. The second-order valence-electron chi connectivity index (χ2n) is 2.90. The smallest absolute Gasteiger partial charge is 0.0615 e. The molecule has 1 aromatic rings. The highest BCUT2D eigenvalue weighted by atomic mass is 16.3. The second kappa shape index (κ2) is 4.07. The second-order valence-corrected chi connectivity index (χ2v) is 2.90. The lowest BCUT2D eigenvalue weighted by Gasteiger charge is -2.04. The van der Waals surface area contributed by atoms with Gasteiger partial charge in [0.15, 0.2) is 0 Å². The summed E-state index contributed by atoms with van der Waals surface area (Å²) in [5.74, 6) is 0. The summed E-state index contributed by atoms with van der Waals surface area (Å²) in [5, 5.41) is 13.4. The molecule has 0 aliphatic rings. The third-order valence-electron chi connectivity index (χ3n) is 1.67. The molecule has 0 radical (unpaired) electrons. The van der Waals surface area contributed by atoms with Crippen molar-refractivity contribution >= 4 is 0 Å². The lowest BCUT2D eigenvalue weighted by atomic mass is 10.1. The van der Waals surface area contributed by atoms with Crippen LogP contribution in [0.3, 0.4) is 0 Å². The van der Waals surface area contributed by atoms with Gasteiger partial charge in [-0.1, -0.05) is 6.08 Å². The van der Waals surface area contributed by atoms with Gasteiger partial charge in [-0.3, -0.25) is 4.68 Å². The first-order valence-electron chi connectivity index (χ1n) is 3.99. The van der Waals surface area contributed by atoms with Crippen molar-refractivity contribution in [2.24, 2.45) is 7.05 Å². The van der Waals surface area contributed by atoms with Gasteiger partial charge in [0.2, 0.25) is 0 Å². The molecule has 3 heteroatoms. The highest BCUT2D eigenvalue weighted by Gasteiger charge is 2.04. The summed E-state index contributed by atoms with van der Waals surface area (Å²) in [6, 6.07) is 0. The topological polar surface area (TPSA) is 38.1 Å². The number of hydrogen-bond acceptors (Lipinski definition) is 2. The number of aliphatic hydroxyl groups excluding tert-OH is 1. The first kappa shape index (κ1) is 9.00. The van der Waals surface area contributed by atoms with Gasteiger partial charge in [0.1, 0.15) is 0 Å². The molecule has 0 aliphatic carbocycles. The number of aromatic nitrogens is 2. The summed E-state index contributed by atoms with van der Waals surface area (Å²) in [5.41, 5.74) is 1.06. The van der Waals surface area contributed by atoms with Gasteiger partial charge < -0.3 is 5.11 Å². The molecule has 0 amide bonds. The van der Waals surface area contributed by atoms with E-state index in [2.05, 4.69) is 11.7 Å².